The minimum absolute atomic E-state index is 0.0274. The molecule has 2 saturated heterocycles. The number of halogens is 1. The van der Waals surface area contributed by atoms with Crippen LogP contribution in [0.15, 0.2) is 24.3 Å². The molecule has 0 aromatic heterocycles. The summed E-state index contributed by atoms with van der Waals surface area (Å²) in [5, 5.41) is 14.9. The molecule has 3 rings (SSSR count). The third-order valence-corrected chi connectivity index (χ3v) is 4.17. The number of piperazine rings is 1. The molecule has 0 saturated carbocycles. The molecule has 3 atom stereocenters. The number of hydrogen-bond acceptors (Lipinski definition) is 4. The maximum Gasteiger partial charge on any atom is 0.248 e. The lowest BCUT2D eigenvalue weighted by Gasteiger charge is -2.33. The van der Waals surface area contributed by atoms with E-state index in [1.165, 1.54) is 17.0 Å². The smallest absolute Gasteiger partial charge is 0.248 e. The number of hydrogen-bond donors (Lipinski definition) is 3. The zero-order chi connectivity index (χ0) is 15.7. The zero-order valence-electron chi connectivity index (χ0n) is 12.0. The lowest BCUT2D eigenvalue weighted by molar-refractivity contribution is -0.148. The fourth-order valence-electron chi connectivity index (χ4n) is 3.04. The van der Waals surface area contributed by atoms with Crippen molar-refractivity contribution < 1.29 is 19.1 Å². The van der Waals surface area contributed by atoms with Crippen molar-refractivity contribution in [1.29, 1.82) is 0 Å². The maximum absolute atomic E-state index is 13.1. The Balaban J connectivity index is 1.62. The Kier molecular flexibility index (Phi) is 4.08. The number of benzene rings is 1. The van der Waals surface area contributed by atoms with Crippen LogP contribution in [-0.2, 0) is 16.1 Å². The minimum atomic E-state index is -0.842. The van der Waals surface area contributed by atoms with Crippen LogP contribution >= 0.6 is 0 Å². The summed E-state index contributed by atoms with van der Waals surface area (Å²) >= 11 is 0. The van der Waals surface area contributed by atoms with Crippen LogP contribution < -0.4 is 10.6 Å². The van der Waals surface area contributed by atoms with Crippen molar-refractivity contribution in [3.8, 4) is 0 Å². The molecule has 2 aliphatic rings. The van der Waals surface area contributed by atoms with Crippen LogP contribution in [0.4, 0.5) is 4.39 Å². The summed E-state index contributed by atoms with van der Waals surface area (Å²) < 4.78 is 13.1. The third-order valence-electron chi connectivity index (χ3n) is 4.17. The lowest BCUT2D eigenvalue weighted by Crippen LogP contribution is -2.62. The summed E-state index contributed by atoms with van der Waals surface area (Å²) in [5.74, 6) is -0.764. The number of carbonyl (C=O) groups is 2. The van der Waals surface area contributed by atoms with Crippen LogP contribution in [0.1, 0.15) is 12.0 Å². The van der Waals surface area contributed by atoms with Gasteiger partial charge in [0.15, 0.2) is 0 Å². The molecule has 6 nitrogen and oxygen atoms in total. The summed E-state index contributed by atoms with van der Waals surface area (Å²) in [6, 6.07) is 4.95. The maximum atomic E-state index is 13.1. The van der Waals surface area contributed by atoms with Gasteiger partial charge in [-0.3, -0.25) is 9.59 Å². The molecule has 0 aliphatic carbocycles. The van der Waals surface area contributed by atoms with Gasteiger partial charge in [0.05, 0.1) is 6.61 Å². The third kappa shape index (κ3) is 2.82. The summed E-state index contributed by atoms with van der Waals surface area (Å²) in [5.41, 5.74) is 0.814. The molecule has 2 heterocycles. The van der Waals surface area contributed by atoms with E-state index in [2.05, 4.69) is 10.6 Å². The fourth-order valence-corrected chi connectivity index (χ4v) is 3.04. The van der Waals surface area contributed by atoms with Crippen LogP contribution in [0.2, 0.25) is 0 Å². The van der Waals surface area contributed by atoms with Crippen molar-refractivity contribution in [1.82, 2.24) is 15.5 Å². The second kappa shape index (κ2) is 6.02. The molecule has 2 aliphatic heterocycles. The van der Waals surface area contributed by atoms with E-state index in [-0.39, 0.29) is 23.7 Å². The normalized spacial score (nSPS) is 27.7. The number of rotatable bonds is 4. The van der Waals surface area contributed by atoms with Crippen molar-refractivity contribution in [3.05, 3.63) is 35.6 Å². The van der Waals surface area contributed by atoms with Gasteiger partial charge in [-0.25, -0.2) is 4.39 Å². The number of nitrogens with one attached hydrogen (secondary N) is 2. The van der Waals surface area contributed by atoms with E-state index >= 15 is 0 Å². The van der Waals surface area contributed by atoms with Crippen molar-refractivity contribution in [2.45, 2.75) is 31.1 Å². The first-order valence-corrected chi connectivity index (χ1v) is 7.28. The quantitative estimate of drug-likeness (QED) is 0.692. The van der Waals surface area contributed by atoms with Crippen LogP contribution in [-0.4, -0.2) is 53.1 Å². The number of fused-ring (bicyclic) bond motifs is 1. The lowest BCUT2D eigenvalue weighted by atomic mass is 10.1. The van der Waals surface area contributed by atoms with Crippen molar-refractivity contribution in [3.63, 3.8) is 0 Å². The fraction of sp³-hybridized carbons (Fsp3) is 0.467. The molecule has 0 radical (unpaired) electrons. The molecule has 2 fully saturated rings. The highest BCUT2D eigenvalue weighted by Gasteiger charge is 2.45. The summed E-state index contributed by atoms with van der Waals surface area (Å²) in [4.78, 5) is 25.6. The molecule has 2 amide bonds. The van der Waals surface area contributed by atoms with Crippen LogP contribution in [0.25, 0.3) is 0 Å². The van der Waals surface area contributed by atoms with Crippen molar-refractivity contribution >= 4 is 11.8 Å². The van der Waals surface area contributed by atoms with Gasteiger partial charge in [0.2, 0.25) is 11.8 Å². The molecule has 22 heavy (non-hydrogen) atoms. The zero-order valence-corrected chi connectivity index (χ0v) is 12.0. The Morgan fingerprint density at radius 1 is 1.41 bits per heavy atom. The Hall–Kier alpha value is -1.99. The topological polar surface area (TPSA) is 81.7 Å². The monoisotopic (exact) mass is 307 g/mol. The number of carbonyl (C=O) groups excluding carboxylic acids is 2. The van der Waals surface area contributed by atoms with Crippen LogP contribution in [0, 0.1) is 5.82 Å². The second-order valence-electron chi connectivity index (χ2n) is 5.69. The van der Waals surface area contributed by atoms with Gasteiger partial charge in [-0.1, -0.05) is 12.1 Å². The molecular weight excluding hydrogens is 289 g/mol. The Morgan fingerprint density at radius 3 is 2.95 bits per heavy atom. The van der Waals surface area contributed by atoms with E-state index in [0.717, 1.165) is 5.56 Å². The first-order valence-electron chi connectivity index (χ1n) is 7.28. The highest BCUT2D eigenvalue weighted by molar-refractivity contribution is 5.97. The van der Waals surface area contributed by atoms with Gasteiger partial charge < -0.3 is 20.6 Å². The number of amides is 2. The molecule has 7 heteroatoms. The number of aliphatic hydroxyl groups is 1. The van der Waals surface area contributed by atoms with Gasteiger partial charge in [-0.15, -0.1) is 0 Å². The number of nitrogens with zero attached hydrogens (tertiary/aromatic N) is 1. The summed E-state index contributed by atoms with van der Waals surface area (Å²) in [6.45, 7) is 0.500. The molecule has 118 valence electrons. The SMILES string of the molecule is O=C1N[C@H](CO)C(=O)N2C[C@@H](NCc3cccc(F)c3)C[C@@H]12. The minimum Gasteiger partial charge on any atom is -0.394 e. The Morgan fingerprint density at radius 2 is 2.23 bits per heavy atom. The van der Waals surface area contributed by atoms with E-state index in [4.69, 9.17) is 5.11 Å². The van der Waals surface area contributed by atoms with Crippen LogP contribution in [0.5, 0.6) is 0 Å². The molecule has 1 aromatic rings. The van der Waals surface area contributed by atoms with E-state index in [1.807, 2.05) is 6.07 Å². The van der Waals surface area contributed by atoms with E-state index in [1.54, 1.807) is 6.07 Å². The largest absolute Gasteiger partial charge is 0.394 e. The van der Waals surface area contributed by atoms with Gasteiger partial charge in [-0.05, 0) is 24.1 Å². The molecular formula is C15H18FN3O3. The van der Waals surface area contributed by atoms with E-state index in [0.29, 0.717) is 19.5 Å². The Bertz CT molecular complexity index is 595. The first kappa shape index (κ1) is 14.9. The van der Waals surface area contributed by atoms with Gasteiger partial charge in [-0.2, -0.15) is 0 Å². The molecule has 0 spiro atoms. The molecule has 3 N–H and O–H groups in total. The summed E-state index contributed by atoms with van der Waals surface area (Å²) in [7, 11) is 0. The summed E-state index contributed by atoms with van der Waals surface area (Å²) in [6.07, 6.45) is 0.519. The average Bonchev–Trinajstić information content (AvgIpc) is 2.94. The standard InChI is InChI=1S/C15H18FN3O3/c16-10-3-1-2-9(4-10)6-17-11-5-13-14(21)18-12(8-20)15(22)19(13)7-11/h1-4,11-13,17,20H,5-8H2,(H,18,21)/t11-,12+,13-/m0/s1. The first-order chi connectivity index (χ1) is 10.6. The van der Waals surface area contributed by atoms with Crippen molar-refractivity contribution in [2.75, 3.05) is 13.2 Å². The predicted molar refractivity (Wildman–Crippen MR) is 76.2 cm³/mol. The van der Waals surface area contributed by atoms with E-state index < -0.39 is 18.7 Å². The van der Waals surface area contributed by atoms with E-state index in [9.17, 15) is 14.0 Å². The van der Waals surface area contributed by atoms with Crippen molar-refractivity contribution in [2.24, 2.45) is 0 Å². The highest BCUT2D eigenvalue weighted by atomic mass is 19.1. The molecule has 1 aromatic carbocycles. The average molecular weight is 307 g/mol. The highest BCUT2D eigenvalue weighted by Crippen LogP contribution is 2.23. The predicted octanol–water partition coefficient (Wildman–Crippen LogP) is -0.624. The van der Waals surface area contributed by atoms with Gasteiger partial charge in [0.1, 0.15) is 17.9 Å². The Labute approximate surface area is 127 Å². The number of aliphatic hydroxyl groups excluding tert-OH is 1. The second-order valence-corrected chi connectivity index (χ2v) is 5.69. The molecule has 0 bridgehead atoms. The van der Waals surface area contributed by atoms with Gasteiger partial charge >= 0.3 is 0 Å². The molecule has 0 unspecified atom stereocenters. The van der Waals surface area contributed by atoms with Crippen LogP contribution in [0.3, 0.4) is 0 Å². The van der Waals surface area contributed by atoms with Gasteiger partial charge in [0, 0.05) is 19.1 Å². The van der Waals surface area contributed by atoms with Gasteiger partial charge in [0.25, 0.3) is 0 Å².